The van der Waals surface area contributed by atoms with Crippen LogP contribution >= 0.6 is 0 Å². The quantitative estimate of drug-likeness (QED) is 0.914. The summed E-state index contributed by atoms with van der Waals surface area (Å²) in [6.45, 7) is 5.05. The summed E-state index contributed by atoms with van der Waals surface area (Å²) in [5.41, 5.74) is 2.45. The molecule has 1 fully saturated rings. The fraction of sp³-hybridized carbons (Fsp3) is 0.353. The smallest absolute Gasteiger partial charge is 0.260 e. The van der Waals surface area contributed by atoms with Crippen LogP contribution in [0.1, 0.15) is 33.4 Å². The summed E-state index contributed by atoms with van der Waals surface area (Å²) in [4.78, 5) is 33.1. The molecule has 2 aromatic heterocycles. The molecule has 6 heteroatoms. The van der Waals surface area contributed by atoms with Crippen LogP contribution in [-0.4, -0.2) is 40.5 Å². The van der Waals surface area contributed by atoms with Crippen molar-refractivity contribution in [3.8, 4) is 0 Å². The van der Waals surface area contributed by atoms with Crippen LogP contribution < -0.4 is 5.56 Å². The predicted molar refractivity (Wildman–Crippen MR) is 85.4 cm³/mol. The number of aromatic nitrogens is 2. The molecule has 1 unspecified atom stereocenters. The van der Waals surface area contributed by atoms with Crippen molar-refractivity contribution in [1.82, 2.24) is 14.9 Å². The Bertz CT molecular complexity index is 785. The van der Waals surface area contributed by atoms with Crippen molar-refractivity contribution in [3.05, 3.63) is 63.3 Å². The minimum Gasteiger partial charge on any atom is -0.370 e. The van der Waals surface area contributed by atoms with E-state index in [0.29, 0.717) is 19.7 Å². The molecule has 120 valence electrons. The first-order valence-corrected chi connectivity index (χ1v) is 7.58. The molecule has 1 aliphatic heterocycles. The van der Waals surface area contributed by atoms with Crippen molar-refractivity contribution >= 4 is 5.91 Å². The van der Waals surface area contributed by atoms with E-state index in [1.165, 1.54) is 0 Å². The first-order valence-electron chi connectivity index (χ1n) is 7.58. The maximum atomic E-state index is 12.6. The molecule has 0 spiro atoms. The molecule has 1 amide bonds. The third-order valence-electron chi connectivity index (χ3n) is 3.93. The fourth-order valence-electron chi connectivity index (χ4n) is 2.71. The topological polar surface area (TPSA) is 75.3 Å². The second kappa shape index (κ2) is 6.34. The number of aryl methyl sites for hydroxylation is 2. The van der Waals surface area contributed by atoms with E-state index in [-0.39, 0.29) is 23.1 Å². The predicted octanol–water partition coefficient (Wildman–Crippen LogP) is 1.60. The summed E-state index contributed by atoms with van der Waals surface area (Å²) in [5, 5.41) is 0. The van der Waals surface area contributed by atoms with Gasteiger partial charge in [-0.1, -0.05) is 0 Å². The van der Waals surface area contributed by atoms with Gasteiger partial charge in [-0.15, -0.1) is 0 Å². The van der Waals surface area contributed by atoms with Gasteiger partial charge in [-0.05, 0) is 43.7 Å². The second-order valence-electron chi connectivity index (χ2n) is 5.73. The van der Waals surface area contributed by atoms with Crippen molar-refractivity contribution in [2.75, 3.05) is 19.7 Å². The minimum absolute atomic E-state index is 0.169. The number of hydrogen-bond acceptors (Lipinski definition) is 4. The highest BCUT2D eigenvalue weighted by Gasteiger charge is 2.27. The molecular formula is C17H19N3O3. The number of carbonyl (C=O) groups is 1. The molecular weight excluding hydrogens is 294 g/mol. The van der Waals surface area contributed by atoms with Gasteiger partial charge in [0.1, 0.15) is 11.7 Å². The number of ether oxygens (including phenoxy) is 1. The number of H-pyrrole nitrogens is 1. The van der Waals surface area contributed by atoms with E-state index >= 15 is 0 Å². The number of nitrogens with one attached hydrogen (secondary N) is 1. The molecule has 6 nitrogen and oxygen atoms in total. The minimum atomic E-state index is -0.349. The van der Waals surface area contributed by atoms with E-state index < -0.39 is 0 Å². The van der Waals surface area contributed by atoms with Gasteiger partial charge in [-0.2, -0.15) is 0 Å². The number of rotatable bonds is 2. The Balaban J connectivity index is 1.80. The standard InChI is InChI=1S/C17H19N3O3/c1-11-3-4-14(16(21)19-11)17(22)20-7-8-23-15(10-20)13-5-6-18-12(2)9-13/h3-6,9,15H,7-8,10H2,1-2H3,(H,19,21). The number of pyridine rings is 2. The van der Waals surface area contributed by atoms with Crippen molar-refractivity contribution in [1.29, 1.82) is 0 Å². The summed E-state index contributed by atoms with van der Waals surface area (Å²) in [5.74, 6) is -0.259. The first-order chi connectivity index (χ1) is 11.0. The van der Waals surface area contributed by atoms with Crippen LogP contribution in [-0.2, 0) is 4.74 Å². The van der Waals surface area contributed by atoms with Gasteiger partial charge in [-0.3, -0.25) is 14.6 Å². The first kappa shape index (κ1) is 15.4. The Morgan fingerprint density at radius 3 is 2.91 bits per heavy atom. The highest BCUT2D eigenvalue weighted by atomic mass is 16.5. The lowest BCUT2D eigenvalue weighted by molar-refractivity contribution is -0.0229. The third kappa shape index (κ3) is 3.32. The van der Waals surface area contributed by atoms with Crippen molar-refractivity contribution in [3.63, 3.8) is 0 Å². The van der Waals surface area contributed by atoms with Gasteiger partial charge in [0.2, 0.25) is 0 Å². The lowest BCUT2D eigenvalue weighted by Gasteiger charge is -2.33. The molecule has 0 radical (unpaired) electrons. The molecule has 3 rings (SSSR count). The van der Waals surface area contributed by atoms with Gasteiger partial charge in [0.15, 0.2) is 0 Å². The van der Waals surface area contributed by atoms with E-state index in [2.05, 4.69) is 9.97 Å². The monoisotopic (exact) mass is 313 g/mol. The lowest BCUT2D eigenvalue weighted by Crippen LogP contribution is -2.43. The zero-order valence-corrected chi connectivity index (χ0v) is 13.2. The van der Waals surface area contributed by atoms with Crippen molar-refractivity contribution < 1.29 is 9.53 Å². The molecule has 0 aromatic carbocycles. The molecule has 1 saturated heterocycles. The highest BCUT2D eigenvalue weighted by molar-refractivity contribution is 5.93. The SMILES string of the molecule is Cc1cc(C2CN(C(=O)c3ccc(C)[nH]c3=O)CCO2)ccn1. The maximum Gasteiger partial charge on any atom is 0.260 e. The van der Waals surface area contributed by atoms with E-state index in [1.807, 2.05) is 19.1 Å². The highest BCUT2D eigenvalue weighted by Crippen LogP contribution is 2.23. The van der Waals surface area contributed by atoms with Gasteiger partial charge in [0, 0.05) is 24.1 Å². The summed E-state index contributed by atoms with van der Waals surface area (Å²) < 4.78 is 5.78. The Kier molecular flexibility index (Phi) is 4.25. The number of carbonyl (C=O) groups excluding carboxylic acids is 1. The number of amides is 1. The summed E-state index contributed by atoms with van der Waals surface area (Å²) in [7, 11) is 0. The molecule has 0 aliphatic carbocycles. The van der Waals surface area contributed by atoms with Crippen LogP contribution in [0, 0.1) is 13.8 Å². The van der Waals surface area contributed by atoms with Gasteiger partial charge >= 0.3 is 0 Å². The molecule has 2 aromatic rings. The van der Waals surface area contributed by atoms with Crippen LogP contribution in [0.2, 0.25) is 0 Å². The average molecular weight is 313 g/mol. The maximum absolute atomic E-state index is 12.6. The molecule has 1 aliphatic rings. The van der Waals surface area contributed by atoms with Crippen LogP contribution in [0.4, 0.5) is 0 Å². The second-order valence-corrected chi connectivity index (χ2v) is 5.73. The molecule has 23 heavy (non-hydrogen) atoms. The fourth-order valence-corrected chi connectivity index (χ4v) is 2.71. The van der Waals surface area contributed by atoms with Gasteiger partial charge < -0.3 is 14.6 Å². The van der Waals surface area contributed by atoms with E-state index in [9.17, 15) is 9.59 Å². The summed E-state index contributed by atoms with van der Waals surface area (Å²) in [6.07, 6.45) is 1.54. The summed E-state index contributed by atoms with van der Waals surface area (Å²) in [6, 6.07) is 7.16. The van der Waals surface area contributed by atoms with Crippen LogP contribution in [0.5, 0.6) is 0 Å². The number of hydrogen-bond donors (Lipinski definition) is 1. The van der Waals surface area contributed by atoms with Gasteiger partial charge in [-0.25, -0.2) is 0 Å². The molecule has 1 atom stereocenters. The Labute approximate surface area is 134 Å². The zero-order chi connectivity index (χ0) is 16.4. The van der Waals surface area contributed by atoms with E-state index in [1.54, 1.807) is 30.2 Å². The van der Waals surface area contributed by atoms with E-state index in [4.69, 9.17) is 4.74 Å². The average Bonchev–Trinajstić information content (AvgIpc) is 2.54. The third-order valence-corrected chi connectivity index (χ3v) is 3.93. The summed E-state index contributed by atoms with van der Waals surface area (Å²) >= 11 is 0. The van der Waals surface area contributed by atoms with Gasteiger partial charge in [0.05, 0.1) is 13.2 Å². The number of aromatic amines is 1. The number of nitrogens with zero attached hydrogens (tertiary/aromatic N) is 2. The molecule has 1 N–H and O–H groups in total. The largest absolute Gasteiger partial charge is 0.370 e. The van der Waals surface area contributed by atoms with Crippen molar-refractivity contribution in [2.45, 2.75) is 20.0 Å². The molecule has 3 heterocycles. The molecule has 0 bridgehead atoms. The van der Waals surface area contributed by atoms with Gasteiger partial charge in [0.25, 0.3) is 11.5 Å². The zero-order valence-electron chi connectivity index (χ0n) is 13.2. The van der Waals surface area contributed by atoms with Crippen LogP contribution in [0.3, 0.4) is 0 Å². The van der Waals surface area contributed by atoms with Crippen molar-refractivity contribution in [2.24, 2.45) is 0 Å². The lowest BCUT2D eigenvalue weighted by atomic mass is 10.1. The molecule has 0 saturated carbocycles. The number of morpholine rings is 1. The van der Waals surface area contributed by atoms with Crippen LogP contribution in [0.15, 0.2) is 35.3 Å². The Morgan fingerprint density at radius 2 is 2.17 bits per heavy atom. The Morgan fingerprint density at radius 1 is 1.35 bits per heavy atom. The normalized spacial score (nSPS) is 18.0. The van der Waals surface area contributed by atoms with E-state index in [0.717, 1.165) is 17.0 Å². The van der Waals surface area contributed by atoms with Crippen LogP contribution in [0.25, 0.3) is 0 Å². The Hall–Kier alpha value is -2.47.